The SMILES string of the molecule is CC(O)CNC(=O)c1ccc(-c2cc(Cl)cnc2-c2ccccc2)cc1. The Balaban J connectivity index is 1.92. The van der Waals surface area contributed by atoms with Gasteiger partial charge in [0.05, 0.1) is 16.8 Å². The molecule has 2 N–H and O–H groups in total. The zero-order chi connectivity index (χ0) is 18.5. The zero-order valence-electron chi connectivity index (χ0n) is 14.3. The number of nitrogens with zero attached hydrogens (tertiary/aromatic N) is 1. The Morgan fingerprint density at radius 3 is 2.46 bits per heavy atom. The Kier molecular flexibility index (Phi) is 5.66. The van der Waals surface area contributed by atoms with Gasteiger partial charge in [-0.15, -0.1) is 0 Å². The maximum absolute atomic E-state index is 12.1. The smallest absolute Gasteiger partial charge is 0.251 e. The molecule has 0 saturated heterocycles. The fraction of sp³-hybridized carbons (Fsp3) is 0.143. The number of nitrogens with one attached hydrogen (secondary N) is 1. The van der Waals surface area contributed by atoms with Gasteiger partial charge in [-0.2, -0.15) is 0 Å². The monoisotopic (exact) mass is 366 g/mol. The second kappa shape index (κ2) is 8.13. The van der Waals surface area contributed by atoms with E-state index in [9.17, 15) is 9.90 Å². The van der Waals surface area contributed by atoms with Crippen molar-refractivity contribution in [3.8, 4) is 22.4 Å². The Hall–Kier alpha value is -2.69. The Bertz CT molecular complexity index is 894. The third-order valence-corrected chi connectivity index (χ3v) is 4.12. The fourth-order valence-corrected chi connectivity index (χ4v) is 2.79. The lowest BCUT2D eigenvalue weighted by Gasteiger charge is -2.11. The van der Waals surface area contributed by atoms with Crippen LogP contribution in [0.1, 0.15) is 17.3 Å². The number of hydrogen-bond acceptors (Lipinski definition) is 3. The third-order valence-electron chi connectivity index (χ3n) is 3.92. The number of halogens is 1. The average Bonchev–Trinajstić information content (AvgIpc) is 2.67. The van der Waals surface area contributed by atoms with Crippen LogP contribution in [0.3, 0.4) is 0 Å². The number of aliphatic hydroxyl groups is 1. The van der Waals surface area contributed by atoms with Crippen LogP contribution in [0.4, 0.5) is 0 Å². The van der Waals surface area contributed by atoms with Crippen LogP contribution >= 0.6 is 11.6 Å². The van der Waals surface area contributed by atoms with Crippen molar-refractivity contribution in [2.24, 2.45) is 0 Å². The first-order valence-electron chi connectivity index (χ1n) is 8.32. The van der Waals surface area contributed by atoms with Gasteiger partial charge in [0.1, 0.15) is 0 Å². The molecule has 1 amide bonds. The lowest BCUT2D eigenvalue weighted by Crippen LogP contribution is -2.30. The number of benzene rings is 2. The molecule has 132 valence electrons. The van der Waals surface area contributed by atoms with Gasteiger partial charge in [-0.25, -0.2) is 0 Å². The molecule has 1 unspecified atom stereocenters. The molecule has 0 bridgehead atoms. The highest BCUT2D eigenvalue weighted by Gasteiger charge is 2.12. The summed E-state index contributed by atoms with van der Waals surface area (Å²) in [6.45, 7) is 1.84. The minimum atomic E-state index is -0.579. The van der Waals surface area contributed by atoms with Crippen molar-refractivity contribution in [3.63, 3.8) is 0 Å². The molecule has 0 aliphatic heterocycles. The van der Waals surface area contributed by atoms with Crippen LogP contribution in [0.15, 0.2) is 66.9 Å². The van der Waals surface area contributed by atoms with Crippen molar-refractivity contribution in [2.45, 2.75) is 13.0 Å². The first kappa shape index (κ1) is 18.1. The predicted molar refractivity (Wildman–Crippen MR) is 104 cm³/mol. The van der Waals surface area contributed by atoms with Gasteiger partial charge in [0.25, 0.3) is 5.91 Å². The number of rotatable bonds is 5. The van der Waals surface area contributed by atoms with Crippen LogP contribution in [-0.4, -0.2) is 28.6 Å². The van der Waals surface area contributed by atoms with Crippen molar-refractivity contribution in [1.29, 1.82) is 0 Å². The van der Waals surface area contributed by atoms with E-state index >= 15 is 0 Å². The minimum Gasteiger partial charge on any atom is -0.392 e. The lowest BCUT2D eigenvalue weighted by molar-refractivity contribution is 0.0924. The first-order valence-corrected chi connectivity index (χ1v) is 8.70. The molecule has 5 heteroatoms. The summed E-state index contributed by atoms with van der Waals surface area (Å²) in [5.41, 5.74) is 4.19. The number of carbonyl (C=O) groups is 1. The number of aromatic nitrogens is 1. The van der Waals surface area contributed by atoms with Crippen molar-refractivity contribution in [2.75, 3.05) is 6.54 Å². The van der Waals surface area contributed by atoms with E-state index in [0.29, 0.717) is 10.6 Å². The van der Waals surface area contributed by atoms with E-state index < -0.39 is 6.10 Å². The van der Waals surface area contributed by atoms with Crippen molar-refractivity contribution in [3.05, 3.63) is 77.4 Å². The Morgan fingerprint density at radius 1 is 1.12 bits per heavy atom. The highest BCUT2D eigenvalue weighted by Crippen LogP contribution is 2.32. The van der Waals surface area contributed by atoms with E-state index in [1.165, 1.54) is 0 Å². The normalized spacial score (nSPS) is 11.8. The molecule has 0 aliphatic carbocycles. The highest BCUT2D eigenvalue weighted by molar-refractivity contribution is 6.30. The zero-order valence-corrected chi connectivity index (χ0v) is 15.1. The minimum absolute atomic E-state index is 0.218. The maximum Gasteiger partial charge on any atom is 0.251 e. The van der Waals surface area contributed by atoms with E-state index in [4.69, 9.17) is 11.6 Å². The summed E-state index contributed by atoms with van der Waals surface area (Å²) in [5, 5.41) is 12.5. The van der Waals surface area contributed by atoms with E-state index in [1.807, 2.05) is 48.5 Å². The largest absolute Gasteiger partial charge is 0.392 e. The van der Waals surface area contributed by atoms with Crippen LogP contribution in [0, 0.1) is 0 Å². The molecule has 2 aromatic carbocycles. The quantitative estimate of drug-likeness (QED) is 0.712. The van der Waals surface area contributed by atoms with Crippen LogP contribution in [0.25, 0.3) is 22.4 Å². The van der Waals surface area contributed by atoms with Gasteiger partial charge in [0.15, 0.2) is 0 Å². The van der Waals surface area contributed by atoms with Crippen LogP contribution < -0.4 is 5.32 Å². The topological polar surface area (TPSA) is 62.2 Å². The summed E-state index contributed by atoms with van der Waals surface area (Å²) in [5.74, 6) is -0.218. The van der Waals surface area contributed by atoms with Gasteiger partial charge < -0.3 is 10.4 Å². The highest BCUT2D eigenvalue weighted by atomic mass is 35.5. The molecular weight excluding hydrogens is 348 g/mol. The van der Waals surface area contributed by atoms with Gasteiger partial charge in [-0.1, -0.05) is 54.1 Å². The van der Waals surface area contributed by atoms with Gasteiger partial charge >= 0.3 is 0 Å². The summed E-state index contributed by atoms with van der Waals surface area (Å²) in [4.78, 5) is 16.6. The fourth-order valence-electron chi connectivity index (χ4n) is 2.63. The van der Waals surface area contributed by atoms with Crippen LogP contribution in [0.2, 0.25) is 5.02 Å². The molecule has 0 aliphatic rings. The Labute approximate surface area is 157 Å². The lowest BCUT2D eigenvalue weighted by atomic mass is 9.98. The second-order valence-corrected chi connectivity index (χ2v) is 6.49. The summed E-state index contributed by atoms with van der Waals surface area (Å²) in [6, 6.07) is 19.0. The van der Waals surface area contributed by atoms with Crippen molar-refractivity contribution in [1.82, 2.24) is 10.3 Å². The van der Waals surface area contributed by atoms with E-state index in [-0.39, 0.29) is 12.5 Å². The number of pyridine rings is 1. The molecule has 0 spiro atoms. The van der Waals surface area contributed by atoms with Gasteiger partial charge in [-0.05, 0) is 30.7 Å². The summed E-state index contributed by atoms with van der Waals surface area (Å²) >= 11 is 6.16. The number of carbonyl (C=O) groups excluding carboxylic acids is 1. The van der Waals surface area contributed by atoms with E-state index in [2.05, 4.69) is 10.3 Å². The molecule has 4 nitrogen and oxygen atoms in total. The predicted octanol–water partition coefficient (Wildman–Crippen LogP) is 4.18. The summed E-state index contributed by atoms with van der Waals surface area (Å²) < 4.78 is 0. The molecular formula is C21H19ClN2O2. The second-order valence-electron chi connectivity index (χ2n) is 6.05. The molecule has 3 aromatic rings. The summed E-state index contributed by atoms with van der Waals surface area (Å²) in [6.07, 6.45) is 1.05. The van der Waals surface area contributed by atoms with Gasteiger partial charge in [0.2, 0.25) is 0 Å². The molecule has 0 fully saturated rings. The van der Waals surface area contributed by atoms with E-state index in [1.54, 1.807) is 25.3 Å². The van der Waals surface area contributed by atoms with Crippen molar-refractivity contribution >= 4 is 17.5 Å². The average molecular weight is 367 g/mol. The number of hydrogen-bond donors (Lipinski definition) is 2. The molecule has 1 aromatic heterocycles. The molecule has 26 heavy (non-hydrogen) atoms. The van der Waals surface area contributed by atoms with Crippen LogP contribution in [0.5, 0.6) is 0 Å². The Morgan fingerprint density at radius 2 is 1.81 bits per heavy atom. The number of aliphatic hydroxyl groups excluding tert-OH is 1. The van der Waals surface area contributed by atoms with Crippen LogP contribution in [-0.2, 0) is 0 Å². The standard InChI is InChI=1S/C21H19ClN2O2/c1-14(25)12-24-21(26)17-9-7-15(8-10-17)19-11-18(22)13-23-20(19)16-5-3-2-4-6-16/h2-11,13-14,25H,12H2,1H3,(H,24,26). The molecule has 1 heterocycles. The first-order chi connectivity index (χ1) is 12.5. The summed E-state index contributed by atoms with van der Waals surface area (Å²) in [7, 11) is 0. The molecule has 0 radical (unpaired) electrons. The van der Waals surface area contributed by atoms with Gasteiger partial charge in [0, 0.05) is 29.4 Å². The number of amides is 1. The molecule has 3 rings (SSSR count). The molecule has 0 saturated carbocycles. The molecule has 1 atom stereocenters. The third kappa shape index (κ3) is 4.28. The van der Waals surface area contributed by atoms with E-state index in [0.717, 1.165) is 22.4 Å². The van der Waals surface area contributed by atoms with Gasteiger partial charge in [-0.3, -0.25) is 9.78 Å². The van der Waals surface area contributed by atoms with Crippen molar-refractivity contribution < 1.29 is 9.90 Å². The maximum atomic E-state index is 12.1.